The minimum atomic E-state index is -3.63. The maximum Gasteiger partial charge on any atom is 0.263 e. The molecule has 0 aliphatic carbocycles. The summed E-state index contributed by atoms with van der Waals surface area (Å²) in [7, 11) is -3.63. The average Bonchev–Trinajstić information content (AvgIpc) is 2.82. The molecule has 1 aromatic carbocycles. The zero-order valence-corrected chi connectivity index (χ0v) is 14.3. The Morgan fingerprint density at radius 3 is 2.71 bits per heavy atom. The minimum Gasteiger partial charge on any atom is -0.354 e. The molecule has 1 unspecified atom stereocenters. The van der Waals surface area contributed by atoms with Gasteiger partial charge in [-0.3, -0.25) is 19.3 Å². The number of carbonyl (C=O) groups excluding carboxylic acids is 2. The van der Waals surface area contributed by atoms with Crippen LogP contribution in [0.5, 0.6) is 0 Å². The van der Waals surface area contributed by atoms with Gasteiger partial charge in [0.05, 0.1) is 4.90 Å². The quantitative estimate of drug-likeness (QED) is 0.655. The van der Waals surface area contributed by atoms with Crippen LogP contribution in [-0.2, 0) is 19.6 Å². The standard InChI is InChI=1S/C15H20N4O4S/c1-3-8-16-15(21)10(2)18-13(20)9-17-14-11-6-4-5-7-12(11)24(22,23)19-14/h4-7,10H,3,8-9H2,1-2H3,(H,16,21)(H,17,19)(H,18,20). The number of hydrogen-bond acceptors (Lipinski definition) is 5. The number of hydrogen-bond donors (Lipinski definition) is 3. The second-order valence-electron chi connectivity index (χ2n) is 5.35. The van der Waals surface area contributed by atoms with E-state index < -0.39 is 22.0 Å². The molecule has 0 bridgehead atoms. The predicted molar refractivity (Wildman–Crippen MR) is 89.1 cm³/mol. The van der Waals surface area contributed by atoms with Crippen LogP contribution in [0.1, 0.15) is 25.8 Å². The van der Waals surface area contributed by atoms with Crippen molar-refractivity contribution in [1.29, 1.82) is 0 Å². The zero-order chi connectivity index (χ0) is 17.7. The van der Waals surface area contributed by atoms with Crippen molar-refractivity contribution in [3.63, 3.8) is 0 Å². The Morgan fingerprint density at radius 2 is 2.00 bits per heavy atom. The minimum absolute atomic E-state index is 0.129. The Morgan fingerprint density at radius 1 is 1.29 bits per heavy atom. The van der Waals surface area contributed by atoms with Crippen LogP contribution in [0.25, 0.3) is 0 Å². The lowest BCUT2D eigenvalue weighted by atomic mass is 10.2. The molecule has 0 saturated heterocycles. The van der Waals surface area contributed by atoms with E-state index in [4.69, 9.17) is 0 Å². The van der Waals surface area contributed by atoms with Gasteiger partial charge in [0, 0.05) is 12.1 Å². The molecule has 3 N–H and O–H groups in total. The predicted octanol–water partition coefficient (Wildman–Crippen LogP) is -0.244. The van der Waals surface area contributed by atoms with Crippen molar-refractivity contribution in [2.75, 3.05) is 13.1 Å². The lowest BCUT2D eigenvalue weighted by molar-refractivity contribution is -0.127. The van der Waals surface area contributed by atoms with Crippen LogP contribution in [-0.4, -0.2) is 45.2 Å². The molecule has 0 spiro atoms. The number of rotatable bonds is 6. The number of nitrogens with zero attached hydrogens (tertiary/aromatic N) is 1. The number of benzene rings is 1. The third kappa shape index (κ3) is 4.10. The molecule has 1 heterocycles. The molecule has 2 rings (SSSR count). The molecule has 8 nitrogen and oxygen atoms in total. The molecular weight excluding hydrogens is 332 g/mol. The molecule has 1 aromatic rings. The summed E-state index contributed by atoms with van der Waals surface area (Å²) >= 11 is 0. The number of nitrogens with one attached hydrogen (secondary N) is 3. The second-order valence-corrected chi connectivity index (χ2v) is 7.00. The molecule has 24 heavy (non-hydrogen) atoms. The van der Waals surface area contributed by atoms with E-state index in [9.17, 15) is 18.0 Å². The third-order valence-corrected chi connectivity index (χ3v) is 4.76. The molecule has 130 valence electrons. The number of amides is 2. The van der Waals surface area contributed by atoms with E-state index in [1.54, 1.807) is 25.1 Å². The molecule has 0 fully saturated rings. The van der Waals surface area contributed by atoms with Gasteiger partial charge in [0.25, 0.3) is 10.0 Å². The molecular formula is C15H20N4O4S. The first-order valence-corrected chi connectivity index (χ1v) is 9.07. The van der Waals surface area contributed by atoms with E-state index in [-0.39, 0.29) is 23.2 Å². The van der Waals surface area contributed by atoms with Crippen LogP contribution in [0.15, 0.2) is 34.2 Å². The fraction of sp³-hybridized carbons (Fsp3) is 0.400. The second kappa shape index (κ2) is 7.43. The number of carbonyl (C=O) groups is 2. The van der Waals surface area contributed by atoms with E-state index in [1.807, 2.05) is 6.92 Å². The highest BCUT2D eigenvalue weighted by atomic mass is 32.2. The van der Waals surface area contributed by atoms with Gasteiger partial charge in [-0.05, 0) is 25.5 Å². The SMILES string of the molecule is CCCNC(=O)C(C)NC(=O)CN=C1NS(=O)(=O)c2ccccc21. The summed E-state index contributed by atoms with van der Waals surface area (Å²) in [5.74, 6) is -0.612. The summed E-state index contributed by atoms with van der Waals surface area (Å²) in [5.41, 5.74) is 0.430. The van der Waals surface area contributed by atoms with Crippen LogP contribution >= 0.6 is 0 Å². The first kappa shape index (κ1) is 17.9. The van der Waals surface area contributed by atoms with Gasteiger partial charge in [0.1, 0.15) is 18.4 Å². The molecule has 0 aromatic heterocycles. The van der Waals surface area contributed by atoms with Gasteiger partial charge in [-0.2, -0.15) is 0 Å². The van der Waals surface area contributed by atoms with E-state index in [1.165, 1.54) is 6.07 Å². The highest BCUT2D eigenvalue weighted by Crippen LogP contribution is 2.21. The Bertz CT molecular complexity index is 773. The molecule has 1 aliphatic rings. The van der Waals surface area contributed by atoms with Crippen molar-refractivity contribution in [2.45, 2.75) is 31.2 Å². The number of aliphatic imine (C=N–C) groups is 1. The van der Waals surface area contributed by atoms with Crippen molar-refractivity contribution in [1.82, 2.24) is 15.4 Å². The number of sulfonamides is 1. The average molecular weight is 352 g/mol. The lowest BCUT2D eigenvalue weighted by Gasteiger charge is -2.13. The fourth-order valence-electron chi connectivity index (χ4n) is 2.16. The van der Waals surface area contributed by atoms with Gasteiger partial charge in [-0.1, -0.05) is 19.1 Å². The van der Waals surface area contributed by atoms with Crippen molar-refractivity contribution < 1.29 is 18.0 Å². The van der Waals surface area contributed by atoms with Crippen molar-refractivity contribution in [3.8, 4) is 0 Å². The number of fused-ring (bicyclic) bond motifs is 1. The van der Waals surface area contributed by atoms with E-state index in [0.717, 1.165) is 6.42 Å². The summed E-state index contributed by atoms with van der Waals surface area (Å²) in [4.78, 5) is 27.7. The van der Waals surface area contributed by atoms with Crippen LogP contribution in [0.3, 0.4) is 0 Å². The van der Waals surface area contributed by atoms with Gasteiger partial charge < -0.3 is 10.6 Å². The molecule has 1 atom stereocenters. The Balaban J connectivity index is 1.99. The maximum atomic E-state index is 11.9. The smallest absolute Gasteiger partial charge is 0.263 e. The van der Waals surface area contributed by atoms with Crippen LogP contribution < -0.4 is 15.4 Å². The van der Waals surface area contributed by atoms with Crippen molar-refractivity contribution in [3.05, 3.63) is 29.8 Å². The fourth-order valence-corrected chi connectivity index (χ4v) is 3.41. The summed E-state index contributed by atoms with van der Waals surface area (Å²) in [6.45, 7) is 3.77. The van der Waals surface area contributed by atoms with E-state index >= 15 is 0 Å². The van der Waals surface area contributed by atoms with Gasteiger partial charge >= 0.3 is 0 Å². The Kier molecular flexibility index (Phi) is 5.55. The Hall–Kier alpha value is -2.42. The van der Waals surface area contributed by atoms with Gasteiger partial charge in [0.15, 0.2) is 0 Å². The van der Waals surface area contributed by atoms with Crippen molar-refractivity contribution >= 4 is 27.7 Å². The van der Waals surface area contributed by atoms with E-state index in [2.05, 4.69) is 20.3 Å². The summed E-state index contributed by atoms with van der Waals surface area (Å²) in [6.07, 6.45) is 0.805. The topological polar surface area (TPSA) is 117 Å². The van der Waals surface area contributed by atoms with Gasteiger partial charge in [-0.25, -0.2) is 8.42 Å². The molecule has 1 aliphatic heterocycles. The summed E-state index contributed by atoms with van der Waals surface area (Å²) in [6, 6.07) is 5.71. The molecule has 2 amide bonds. The first-order valence-electron chi connectivity index (χ1n) is 7.59. The Labute approximate surface area is 140 Å². The third-order valence-electron chi connectivity index (χ3n) is 3.36. The summed E-state index contributed by atoms with van der Waals surface area (Å²) in [5, 5.41) is 5.20. The largest absolute Gasteiger partial charge is 0.354 e. The highest BCUT2D eigenvalue weighted by molar-refractivity contribution is 7.90. The first-order chi connectivity index (χ1) is 11.3. The summed E-state index contributed by atoms with van der Waals surface area (Å²) < 4.78 is 26.2. The van der Waals surface area contributed by atoms with E-state index in [0.29, 0.717) is 12.1 Å². The highest BCUT2D eigenvalue weighted by Gasteiger charge is 2.30. The maximum absolute atomic E-state index is 11.9. The monoisotopic (exact) mass is 352 g/mol. The molecule has 0 radical (unpaired) electrons. The van der Waals surface area contributed by atoms with Crippen LogP contribution in [0.4, 0.5) is 0 Å². The van der Waals surface area contributed by atoms with Crippen molar-refractivity contribution in [2.24, 2.45) is 4.99 Å². The lowest BCUT2D eigenvalue weighted by Crippen LogP contribution is -2.45. The molecule has 0 saturated carbocycles. The van der Waals surface area contributed by atoms with Gasteiger partial charge in [-0.15, -0.1) is 0 Å². The van der Waals surface area contributed by atoms with Gasteiger partial charge in [0.2, 0.25) is 11.8 Å². The van der Waals surface area contributed by atoms with Crippen LogP contribution in [0.2, 0.25) is 0 Å². The normalized spacial score (nSPS) is 17.7. The molecule has 9 heteroatoms. The number of amidine groups is 1. The van der Waals surface area contributed by atoms with Crippen LogP contribution in [0, 0.1) is 0 Å². The zero-order valence-electron chi connectivity index (χ0n) is 13.5.